The summed E-state index contributed by atoms with van der Waals surface area (Å²) in [5.41, 5.74) is 1.23. The van der Waals surface area contributed by atoms with Crippen molar-refractivity contribution in [2.75, 3.05) is 24.2 Å². The van der Waals surface area contributed by atoms with Crippen molar-refractivity contribution in [3.8, 4) is 6.07 Å². The van der Waals surface area contributed by atoms with E-state index in [9.17, 15) is 8.42 Å². The lowest BCUT2D eigenvalue weighted by atomic mass is 10.2. The van der Waals surface area contributed by atoms with Crippen molar-refractivity contribution in [1.29, 1.82) is 5.26 Å². The molecule has 98 valence electrons. The van der Waals surface area contributed by atoms with Gasteiger partial charge in [-0.1, -0.05) is 22.9 Å². The second-order valence-corrected chi connectivity index (χ2v) is 6.43. The Bertz CT molecular complexity index is 552. The van der Waals surface area contributed by atoms with Gasteiger partial charge in [0.05, 0.1) is 17.4 Å². The zero-order chi connectivity index (χ0) is 13.6. The Morgan fingerprint density at radius 2 is 2.11 bits per heavy atom. The van der Waals surface area contributed by atoms with Crippen molar-refractivity contribution in [3.05, 3.63) is 28.2 Å². The number of rotatable bonds is 6. The molecule has 0 aliphatic heterocycles. The summed E-state index contributed by atoms with van der Waals surface area (Å²) in [6, 6.07) is 7.19. The minimum absolute atomic E-state index is 0.00472. The van der Waals surface area contributed by atoms with Gasteiger partial charge in [0.2, 0.25) is 10.0 Å². The molecule has 1 aromatic carbocycles. The molecule has 0 amide bonds. The fraction of sp³-hybridized carbons (Fsp3) is 0.364. The molecule has 0 bridgehead atoms. The number of halogens is 1. The van der Waals surface area contributed by atoms with E-state index in [0.29, 0.717) is 17.8 Å². The first-order valence-corrected chi connectivity index (χ1v) is 7.83. The van der Waals surface area contributed by atoms with Crippen LogP contribution in [0, 0.1) is 11.3 Å². The second-order valence-electron chi connectivity index (χ2n) is 3.58. The minimum Gasteiger partial charge on any atom is -0.384 e. The molecule has 5 nitrogen and oxygen atoms in total. The molecule has 1 rings (SSSR count). The third-order valence-electron chi connectivity index (χ3n) is 2.09. The molecule has 0 aromatic heterocycles. The number of anilines is 1. The SMILES string of the molecule is CCNS(=O)(=O)CCNc1cc(Br)cc(C#N)c1. The van der Waals surface area contributed by atoms with E-state index in [1.165, 1.54) is 0 Å². The van der Waals surface area contributed by atoms with Crippen LogP contribution in [0.15, 0.2) is 22.7 Å². The van der Waals surface area contributed by atoms with Gasteiger partial charge in [-0.25, -0.2) is 13.1 Å². The van der Waals surface area contributed by atoms with E-state index in [2.05, 4.69) is 26.0 Å². The number of sulfonamides is 1. The lowest BCUT2D eigenvalue weighted by Crippen LogP contribution is -2.29. The molecule has 0 atom stereocenters. The Morgan fingerprint density at radius 3 is 2.72 bits per heavy atom. The van der Waals surface area contributed by atoms with Gasteiger partial charge in [0.15, 0.2) is 0 Å². The highest BCUT2D eigenvalue weighted by Crippen LogP contribution is 2.18. The van der Waals surface area contributed by atoms with Crippen LogP contribution < -0.4 is 10.0 Å². The molecule has 0 saturated carbocycles. The van der Waals surface area contributed by atoms with E-state index in [1.54, 1.807) is 25.1 Å². The van der Waals surface area contributed by atoms with Gasteiger partial charge in [-0.3, -0.25) is 0 Å². The molecule has 0 unspecified atom stereocenters. The largest absolute Gasteiger partial charge is 0.384 e. The number of hydrogen-bond donors (Lipinski definition) is 2. The van der Waals surface area contributed by atoms with E-state index in [1.807, 2.05) is 6.07 Å². The van der Waals surface area contributed by atoms with Crippen molar-refractivity contribution < 1.29 is 8.42 Å². The maximum atomic E-state index is 11.4. The van der Waals surface area contributed by atoms with Crippen LogP contribution in [-0.2, 0) is 10.0 Å². The molecule has 1 aromatic rings. The zero-order valence-corrected chi connectivity index (χ0v) is 12.3. The topological polar surface area (TPSA) is 82.0 Å². The summed E-state index contributed by atoms with van der Waals surface area (Å²) in [4.78, 5) is 0. The third-order valence-corrected chi connectivity index (χ3v) is 4.02. The van der Waals surface area contributed by atoms with Gasteiger partial charge in [0.25, 0.3) is 0 Å². The predicted octanol–water partition coefficient (Wildman–Crippen LogP) is 1.67. The summed E-state index contributed by atoms with van der Waals surface area (Å²) in [5, 5.41) is 11.8. The van der Waals surface area contributed by atoms with Crippen molar-refractivity contribution in [3.63, 3.8) is 0 Å². The summed E-state index contributed by atoms with van der Waals surface area (Å²) < 4.78 is 26.0. The highest BCUT2D eigenvalue weighted by Gasteiger charge is 2.07. The Balaban J connectivity index is 2.60. The lowest BCUT2D eigenvalue weighted by molar-refractivity contribution is 0.584. The molecule has 0 saturated heterocycles. The lowest BCUT2D eigenvalue weighted by Gasteiger charge is -2.08. The fourth-order valence-corrected chi connectivity index (χ4v) is 2.83. The molecular formula is C11H14BrN3O2S. The van der Waals surface area contributed by atoms with E-state index in [-0.39, 0.29) is 12.3 Å². The number of nitrogens with zero attached hydrogens (tertiary/aromatic N) is 1. The third kappa shape index (κ3) is 5.04. The molecule has 0 heterocycles. The van der Waals surface area contributed by atoms with Crippen molar-refractivity contribution >= 4 is 31.6 Å². The Morgan fingerprint density at radius 1 is 1.39 bits per heavy atom. The summed E-state index contributed by atoms with van der Waals surface area (Å²) in [6.45, 7) is 2.41. The number of benzene rings is 1. The van der Waals surface area contributed by atoms with Gasteiger partial charge < -0.3 is 5.32 Å². The molecule has 0 aliphatic rings. The standard InChI is InChI=1S/C11H14BrN3O2S/c1-2-15-18(16,17)4-3-14-11-6-9(8-13)5-10(12)7-11/h5-7,14-15H,2-4H2,1H3. The summed E-state index contributed by atoms with van der Waals surface area (Å²) >= 11 is 3.29. The monoisotopic (exact) mass is 331 g/mol. The quantitative estimate of drug-likeness (QED) is 0.830. The zero-order valence-electron chi connectivity index (χ0n) is 9.90. The van der Waals surface area contributed by atoms with Gasteiger partial charge >= 0.3 is 0 Å². The van der Waals surface area contributed by atoms with Crippen LogP contribution in [0.3, 0.4) is 0 Å². The summed E-state index contributed by atoms with van der Waals surface area (Å²) in [6.07, 6.45) is 0. The fourth-order valence-electron chi connectivity index (χ4n) is 1.38. The van der Waals surface area contributed by atoms with Crippen LogP contribution in [0.4, 0.5) is 5.69 Å². The van der Waals surface area contributed by atoms with Crippen molar-refractivity contribution in [2.24, 2.45) is 0 Å². The first-order valence-electron chi connectivity index (χ1n) is 5.38. The average molecular weight is 332 g/mol. The first-order chi connectivity index (χ1) is 8.46. The highest BCUT2D eigenvalue weighted by molar-refractivity contribution is 9.10. The van der Waals surface area contributed by atoms with E-state index >= 15 is 0 Å². The minimum atomic E-state index is -3.22. The Labute approximate surface area is 115 Å². The van der Waals surface area contributed by atoms with Gasteiger partial charge in [0, 0.05) is 23.2 Å². The molecule has 0 radical (unpaired) electrons. The van der Waals surface area contributed by atoms with Crippen molar-refractivity contribution in [2.45, 2.75) is 6.92 Å². The summed E-state index contributed by atoms with van der Waals surface area (Å²) in [7, 11) is -3.22. The van der Waals surface area contributed by atoms with Crippen LogP contribution in [-0.4, -0.2) is 27.3 Å². The van der Waals surface area contributed by atoms with Gasteiger partial charge in [-0.05, 0) is 18.2 Å². The van der Waals surface area contributed by atoms with Gasteiger partial charge in [-0.2, -0.15) is 5.26 Å². The van der Waals surface area contributed by atoms with Gasteiger partial charge in [0.1, 0.15) is 0 Å². The number of hydrogen-bond acceptors (Lipinski definition) is 4. The number of nitriles is 1. The number of nitrogens with one attached hydrogen (secondary N) is 2. The molecule has 0 aliphatic carbocycles. The highest BCUT2D eigenvalue weighted by atomic mass is 79.9. The molecule has 18 heavy (non-hydrogen) atoms. The normalized spacial score (nSPS) is 10.9. The molecule has 0 fully saturated rings. The van der Waals surface area contributed by atoms with E-state index < -0.39 is 10.0 Å². The Kier molecular flexibility index (Phi) is 5.59. The predicted molar refractivity (Wildman–Crippen MR) is 74.8 cm³/mol. The maximum absolute atomic E-state index is 11.4. The Hall–Kier alpha value is -1.10. The smallest absolute Gasteiger partial charge is 0.213 e. The molecule has 2 N–H and O–H groups in total. The molecular weight excluding hydrogens is 318 g/mol. The first kappa shape index (κ1) is 15.0. The van der Waals surface area contributed by atoms with Crippen LogP contribution in [0.25, 0.3) is 0 Å². The molecule has 7 heteroatoms. The average Bonchev–Trinajstić information content (AvgIpc) is 2.27. The van der Waals surface area contributed by atoms with Crippen molar-refractivity contribution in [1.82, 2.24) is 4.72 Å². The van der Waals surface area contributed by atoms with Gasteiger partial charge in [-0.15, -0.1) is 0 Å². The summed E-state index contributed by atoms with van der Waals surface area (Å²) in [5.74, 6) is -0.00472. The maximum Gasteiger partial charge on any atom is 0.213 e. The van der Waals surface area contributed by atoms with E-state index in [4.69, 9.17) is 5.26 Å². The van der Waals surface area contributed by atoms with Crippen LogP contribution in [0.5, 0.6) is 0 Å². The van der Waals surface area contributed by atoms with Crippen LogP contribution in [0.2, 0.25) is 0 Å². The second kappa shape index (κ2) is 6.73. The van der Waals surface area contributed by atoms with Crippen LogP contribution >= 0.6 is 15.9 Å². The van der Waals surface area contributed by atoms with Crippen LogP contribution in [0.1, 0.15) is 12.5 Å². The van der Waals surface area contributed by atoms with E-state index in [0.717, 1.165) is 4.47 Å². The molecule has 0 spiro atoms.